The SMILES string of the molecule is CCCCc1nc2c(N)nc3ccccc3c2n1CCCN(Cc1cccc(CC(=O)O)c1)C(=O)CN1CCOCC1. The van der Waals surface area contributed by atoms with E-state index in [0.717, 1.165) is 77.7 Å². The molecule has 222 valence electrons. The summed E-state index contributed by atoms with van der Waals surface area (Å²) in [5.74, 6) is 0.608. The normalized spacial score (nSPS) is 14.0. The number of hydrogen-bond donors (Lipinski definition) is 2. The number of anilines is 1. The van der Waals surface area contributed by atoms with Crippen LogP contribution in [0.2, 0.25) is 0 Å². The number of morpholine rings is 1. The van der Waals surface area contributed by atoms with Crippen molar-refractivity contribution in [2.75, 3.05) is 45.1 Å². The highest BCUT2D eigenvalue weighted by Gasteiger charge is 2.21. The van der Waals surface area contributed by atoms with E-state index in [9.17, 15) is 14.7 Å². The van der Waals surface area contributed by atoms with Gasteiger partial charge < -0.3 is 25.0 Å². The van der Waals surface area contributed by atoms with E-state index in [-0.39, 0.29) is 12.3 Å². The number of nitrogens with zero attached hydrogens (tertiary/aromatic N) is 5. The summed E-state index contributed by atoms with van der Waals surface area (Å²) in [5, 5.41) is 10.3. The Labute approximate surface area is 246 Å². The molecule has 42 heavy (non-hydrogen) atoms. The Morgan fingerprint density at radius 3 is 2.62 bits per heavy atom. The molecule has 0 aliphatic carbocycles. The number of imidazole rings is 1. The first kappa shape index (κ1) is 29.5. The Kier molecular flexibility index (Phi) is 9.66. The maximum atomic E-state index is 13.6. The molecule has 0 spiro atoms. The quantitative estimate of drug-likeness (QED) is 0.247. The van der Waals surface area contributed by atoms with Gasteiger partial charge in [-0.2, -0.15) is 0 Å². The Morgan fingerprint density at radius 1 is 1.05 bits per heavy atom. The smallest absolute Gasteiger partial charge is 0.307 e. The van der Waals surface area contributed by atoms with Crippen LogP contribution in [0.4, 0.5) is 5.82 Å². The first-order chi connectivity index (χ1) is 20.4. The molecule has 10 heteroatoms. The highest BCUT2D eigenvalue weighted by Crippen LogP contribution is 2.29. The van der Waals surface area contributed by atoms with E-state index in [2.05, 4.69) is 27.4 Å². The van der Waals surface area contributed by atoms with Gasteiger partial charge in [0.25, 0.3) is 0 Å². The molecule has 3 heterocycles. The van der Waals surface area contributed by atoms with Crippen molar-refractivity contribution in [2.45, 2.75) is 52.1 Å². The van der Waals surface area contributed by atoms with Crippen molar-refractivity contribution < 1.29 is 19.4 Å². The van der Waals surface area contributed by atoms with E-state index in [1.54, 1.807) is 0 Å². The molecule has 3 N–H and O–H groups in total. The number of fused-ring (bicyclic) bond motifs is 3. The summed E-state index contributed by atoms with van der Waals surface area (Å²) < 4.78 is 7.73. The number of nitrogen functional groups attached to an aromatic ring is 1. The number of aromatic nitrogens is 3. The van der Waals surface area contributed by atoms with Crippen LogP contribution in [0.25, 0.3) is 21.9 Å². The number of hydrogen-bond acceptors (Lipinski definition) is 7. The molecule has 1 aliphatic heterocycles. The molecule has 0 radical (unpaired) electrons. The van der Waals surface area contributed by atoms with Crippen molar-refractivity contribution in [1.29, 1.82) is 0 Å². The Morgan fingerprint density at radius 2 is 1.83 bits per heavy atom. The number of amides is 1. The molecule has 2 aromatic carbocycles. The molecular weight excluding hydrogens is 532 g/mol. The van der Waals surface area contributed by atoms with Crippen molar-refractivity contribution in [3.63, 3.8) is 0 Å². The van der Waals surface area contributed by atoms with Gasteiger partial charge in [0, 0.05) is 44.5 Å². The molecule has 10 nitrogen and oxygen atoms in total. The van der Waals surface area contributed by atoms with Crippen LogP contribution < -0.4 is 5.73 Å². The number of carbonyl (C=O) groups excluding carboxylic acids is 1. The molecule has 5 rings (SSSR count). The fourth-order valence-corrected chi connectivity index (χ4v) is 5.67. The van der Waals surface area contributed by atoms with Gasteiger partial charge in [-0.25, -0.2) is 9.97 Å². The lowest BCUT2D eigenvalue weighted by Gasteiger charge is -2.30. The maximum absolute atomic E-state index is 13.6. The highest BCUT2D eigenvalue weighted by molar-refractivity contribution is 6.06. The average molecular weight is 573 g/mol. The number of ether oxygens (including phenoxy) is 1. The fraction of sp³-hybridized carbons (Fsp3) is 0.438. The molecule has 4 aromatic rings. The molecule has 0 bridgehead atoms. The van der Waals surface area contributed by atoms with Crippen molar-refractivity contribution in [2.24, 2.45) is 0 Å². The standard InChI is InChI=1S/C32H40N6O4/c1-2-3-12-27-35-30-31(25-10-4-5-11-26(25)34-32(30)33)38(27)14-7-13-37(28(39)22-36-15-17-42-18-16-36)21-24-9-6-8-23(19-24)20-29(40)41/h4-6,8-11,19H,2-3,7,12-18,20-22H2,1H3,(H2,33,34)(H,40,41). The van der Waals surface area contributed by atoms with Gasteiger partial charge in [0.1, 0.15) is 11.3 Å². The van der Waals surface area contributed by atoms with Gasteiger partial charge in [0.05, 0.1) is 37.2 Å². The molecule has 0 unspecified atom stereocenters. The topological polar surface area (TPSA) is 127 Å². The van der Waals surface area contributed by atoms with Crippen molar-refractivity contribution in [3.05, 3.63) is 65.5 Å². The summed E-state index contributed by atoms with van der Waals surface area (Å²) >= 11 is 0. The van der Waals surface area contributed by atoms with Gasteiger partial charge in [-0.1, -0.05) is 55.8 Å². The third-order valence-electron chi connectivity index (χ3n) is 7.79. The third kappa shape index (κ3) is 7.06. The van der Waals surface area contributed by atoms with Crippen LogP contribution in [0.15, 0.2) is 48.5 Å². The number of unbranched alkanes of at least 4 members (excludes halogenated alkanes) is 1. The number of pyridine rings is 1. The van der Waals surface area contributed by atoms with E-state index < -0.39 is 5.97 Å². The van der Waals surface area contributed by atoms with Crippen molar-refractivity contribution in [3.8, 4) is 0 Å². The lowest BCUT2D eigenvalue weighted by Crippen LogP contribution is -2.45. The van der Waals surface area contributed by atoms with Crippen LogP contribution in [-0.2, 0) is 40.3 Å². The van der Waals surface area contributed by atoms with Crippen LogP contribution in [0, 0.1) is 0 Å². The van der Waals surface area contributed by atoms with Crippen LogP contribution >= 0.6 is 0 Å². The monoisotopic (exact) mass is 572 g/mol. The molecular formula is C32H40N6O4. The summed E-state index contributed by atoms with van der Waals surface area (Å²) in [6.45, 7) is 6.89. The zero-order chi connectivity index (χ0) is 29.5. The molecule has 0 atom stereocenters. The van der Waals surface area contributed by atoms with Gasteiger partial charge in [0.15, 0.2) is 5.82 Å². The second-order valence-corrected chi connectivity index (χ2v) is 10.9. The number of carboxylic acids is 1. The molecule has 0 saturated carbocycles. The Balaban J connectivity index is 1.40. The Hall–Kier alpha value is -4.02. The minimum absolute atomic E-state index is 0.0459. The summed E-state index contributed by atoms with van der Waals surface area (Å²) in [6.07, 6.45) is 3.60. The highest BCUT2D eigenvalue weighted by atomic mass is 16.5. The second-order valence-electron chi connectivity index (χ2n) is 10.9. The molecule has 1 amide bonds. The molecule has 1 saturated heterocycles. The van der Waals surface area contributed by atoms with Gasteiger partial charge in [0.2, 0.25) is 5.91 Å². The number of para-hydroxylation sites is 1. The Bertz CT molecular complexity index is 1550. The van der Waals surface area contributed by atoms with Crippen LogP contribution in [0.5, 0.6) is 0 Å². The second kappa shape index (κ2) is 13.8. The van der Waals surface area contributed by atoms with Crippen molar-refractivity contribution in [1.82, 2.24) is 24.3 Å². The van der Waals surface area contributed by atoms with Gasteiger partial charge >= 0.3 is 5.97 Å². The maximum Gasteiger partial charge on any atom is 0.307 e. The number of carbonyl (C=O) groups is 2. The zero-order valence-corrected chi connectivity index (χ0v) is 24.3. The van der Waals surface area contributed by atoms with Crippen LogP contribution in [0.3, 0.4) is 0 Å². The van der Waals surface area contributed by atoms with E-state index in [1.165, 1.54) is 0 Å². The molecule has 2 aromatic heterocycles. The predicted octanol–water partition coefficient (Wildman–Crippen LogP) is 3.89. The zero-order valence-electron chi connectivity index (χ0n) is 24.3. The summed E-state index contributed by atoms with van der Waals surface area (Å²) in [5.41, 5.74) is 10.6. The van der Waals surface area contributed by atoms with Crippen LogP contribution in [-0.4, -0.2) is 80.7 Å². The van der Waals surface area contributed by atoms with Crippen LogP contribution in [0.1, 0.15) is 43.1 Å². The lowest BCUT2D eigenvalue weighted by atomic mass is 10.1. The minimum Gasteiger partial charge on any atom is -0.481 e. The van der Waals surface area contributed by atoms with E-state index in [4.69, 9.17) is 15.5 Å². The summed E-state index contributed by atoms with van der Waals surface area (Å²) in [4.78, 5) is 38.5. The fourth-order valence-electron chi connectivity index (χ4n) is 5.67. The van der Waals surface area contributed by atoms with E-state index in [1.807, 2.05) is 47.4 Å². The number of benzene rings is 2. The van der Waals surface area contributed by atoms with E-state index >= 15 is 0 Å². The van der Waals surface area contributed by atoms with E-state index in [0.29, 0.717) is 45.2 Å². The molecule has 1 fully saturated rings. The van der Waals surface area contributed by atoms with Gasteiger partial charge in [-0.05, 0) is 30.0 Å². The predicted molar refractivity (Wildman–Crippen MR) is 163 cm³/mol. The number of nitrogens with two attached hydrogens (primary N) is 1. The van der Waals surface area contributed by atoms with Gasteiger partial charge in [-0.15, -0.1) is 0 Å². The number of aryl methyl sites for hydroxylation is 2. The summed E-state index contributed by atoms with van der Waals surface area (Å²) in [6, 6.07) is 15.5. The number of rotatable bonds is 13. The number of aliphatic carboxylic acids is 1. The lowest BCUT2D eigenvalue weighted by molar-refractivity contribution is -0.136. The summed E-state index contributed by atoms with van der Waals surface area (Å²) in [7, 11) is 0. The first-order valence-corrected chi connectivity index (χ1v) is 14.8. The third-order valence-corrected chi connectivity index (χ3v) is 7.79. The number of carboxylic acid groups (broad SMARTS) is 1. The van der Waals surface area contributed by atoms with Gasteiger partial charge in [-0.3, -0.25) is 14.5 Å². The first-order valence-electron chi connectivity index (χ1n) is 14.8. The minimum atomic E-state index is -0.873. The van der Waals surface area contributed by atoms with Crippen molar-refractivity contribution >= 4 is 39.6 Å². The average Bonchev–Trinajstić information content (AvgIpc) is 3.35. The molecule has 1 aliphatic rings. The largest absolute Gasteiger partial charge is 0.481 e.